The van der Waals surface area contributed by atoms with Gasteiger partial charge in [0, 0.05) is 0 Å². The van der Waals surface area contributed by atoms with Crippen LogP contribution in [-0.2, 0) is 19.1 Å². The number of ether oxygens (including phenoxy) is 1. The van der Waals surface area contributed by atoms with Gasteiger partial charge < -0.3 is 25.4 Å². The van der Waals surface area contributed by atoms with Crippen LogP contribution in [0, 0.1) is 0 Å². The predicted molar refractivity (Wildman–Crippen MR) is 119 cm³/mol. The number of carboxylic acid groups (broad SMARTS) is 1. The van der Waals surface area contributed by atoms with Crippen LogP contribution in [0.5, 0.6) is 0 Å². The van der Waals surface area contributed by atoms with Crippen LogP contribution in [0.1, 0.15) is 45.4 Å². The Bertz CT molecular complexity index is 649. The van der Waals surface area contributed by atoms with Crippen LogP contribution in [0.2, 0.25) is 0 Å². The van der Waals surface area contributed by atoms with Gasteiger partial charge in [-0.2, -0.15) is 0 Å². The molecule has 1 amide bonds. The Kier molecular flexibility index (Phi) is 12.4. The van der Waals surface area contributed by atoms with Gasteiger partial charge in [0.05, 0.1) is 24.5 Å². The average Bonchev–Trinajstić information content (AvgIpc) is 2.70. The molecule has 1 aliphatic rings. The summed E-state index contributed by atoms with van der Waals surface area (Å²) in [6.07, 6.45) is 4.29. The van der Waals surface area contributed by atoms with Crippen molar-refractivity contribution in [1.82, 2.24) is 15.5 Å². The second-order valence-electron chi connectivity index (χ2n) is 7.40. The number of esters is 1. The standard InChI is InChI=1S/C21H35N3O5S/c1-5-29-21(28)15(2)16-9-6-7-10-18(16)30-14-23-19(25)13-17(20(26)27)22-11-8-12-24(3)4/h17,22H,2,5-14H2,1,3-4H3,(H,23,25)(H,26,27)/t17-/m0/s1. The van der Waals surface area contributed by atoms with E-state index in [4.69, 9.17) is 4.74 Å². The second-order valence-corrected chi connectivity index (χ2v) is 8.47. The fraction of sp³-hybridized carbons (Fsp3) is 0.667. The second kappa shape index (κ2) is 14.2. The number of carbonyl (C=O) groups excluding carboxylic acids is 2. The van der Waals surface area contributed by atoms with Crippen LogP contribution in [0.3, 0.4) is 0 Å². The first-order valence-corrected chi connectivity index (χ1v) is 11.3. The number of allylic oxidation sites excluding steroid dienone is 1. The van der Waals surface area contributed by atoms with E-state index in [0.29, 0.717) is 24.6 Å². The molecule has 3 N–H and O–H groups in total. The molecule has 30 heavy (non-hydrogen) atoms. The van der Waals surface area contributed by atoms with Gasteiger partial charge in [-0.15, -0.1) is 11.8 Å². The predicted octanol–water partition coefficient (Wildman–Crippen LogP) is 2.13. The van der Waals surface area contributed by atoms with E-state index in [-0.39, 0.29) is 12.3 Å². The number of rotatable bonds is 14. The van der Waals surface area contributed by atoms with Gasteiger partial charge in [0.2, 0.25) is 5.91 Å². The van der Waals surface area contributed by atoms with Gasteiger partial charge >= 0.3 is 11.9 Å². The normalized spacial score (nSPS) is 15.1. The van der Waals surface area contributed by atoms with Crippen LogP contribution in [0.25, 0.3) is 0 Å². The summed E-state index contributed by atoms with van der Waals surface area (Å²) >= 11 is 1.46. The molecule has 1 aliphatic carbocycles. The van der Waals surface area contributed by atoms with Crippen molar-refractivity contribution in [2.75, 3.05) is 39.7 Å². The third kappa shape index (κ3) is 9.77. The van der Waals surface area contributed by atoms with Crippen molar-refractivity contribution in [3.63, 3.8) is 0 Å². The summed E-state index contributed by atoms with van der Waals surface area (Å²) in [7, 11) is 3.91. The van der Waals surface area contributed by atoms with E-state index in [1.54, 1.807) is 6.92 Å². The van der Waals surface area contributed by atoms with Gasteiger partial charge in [0.1, 0.15) is 6.04 Å². The number of hydrogen-bond donors (Lipinski definition) is 3. The van der Waals surface area contributed by atoms with Crippen molar-refractivity contribution in [2.24, 2.45) is 0 Å². The molecule has 0 bridgehead atoms. The summed E-state index contributed by atoms with van der Waals surface area (Å²) < 4.78 is 5.05. The molecular weight excluding hydrogens is 406 g/mol. The maximum absolute atomic E-state index is 12.2. The van der Waals surface area contributed by atoms with E-state index in [2.05, 4.69) is 17.2 Å². The summed E-state index contributed by atoms with van der Waals surface area (Å²) in [6, 6.07) is -0.912. The van der Waals surface area contributed by atoms with Crippen LogP contribution in [0.15, 0.2) is 22.6 Å². The van der Waals surface area contributed by atoms with Gasteiger partial charge in [0.25, 0.3) is 0 Å². The number of hydrogen-bond acceptors (Lipinski definition) is 7. The van der Waals surface area contributed by atoms with Gasteiger partial charge in [-0.25, -0.2) is 4.79 Å². The number of carbonyl (C=O) groups is 3. The highest BCUT2D eigenvalue weighted by atomic mass is 32.2. The number of nitrogens with zero attached hydrogens (tertiary/aromatic N) is 1. The third-order valence-corrected chi connectivity index (χ3v) is 5.77. The molecule has 8 nitrogen and oxygen atoms in total. The number of thioether (sulfide) groups is 1. The molecule has 0 aromatic heterocycles. The minimum absolute atomic E-state index is 0.126. The number of nitrogens with one attached hydrogen (secondary N) is 2. The molecule has 0 aromatic carbocycles. The Morgan fingerprint density at radius 3 is 2.60 bits per heavy atom. The molecule has 1 atom stereocenters. The van der Waals surface area contributed by atoms with Crippen LogP contribution < -0.4 is 10.6 Å². The highest BCUT2D eigenvalue weighted by Gasteiger charge is 2.22. The maximum Gasteiger partial charge on any atom is 0.337 e. The van der Waals surface area contributed by atoms with E-state index in [0.717, 1.165) is 49.1 Å². The molecule has 0 aromatic rings. The van der Waals surface area contributed by atoms with Gasteiger partial charge in [-0.3, -0.25) is 9.59 Å². The molecule has 0 unspecified atom stereocenters. The number of amides is 1. The molecule has 0 heterocycles. The molecule has 0 aliphatic heterocycles. The van der Waals surface area contributed by atoms with E-state index < -0.39 is 18.0 Å². The molecule has 9 heteroatoms. The summed E-state index contributed by atoms with van der Waals surface area (Å²) in [4.78, 5) is 38.7. The largest absolute Gasteiger partial charge is 0.480 e. The first-order valence-electron chi connectivity index (χ1n) is 10.3. The SMILES string of the molecule is C=C(C(=O)OCC)C1=C(SCNC(=O)C[C@H](NCCCN(C)C)C(=O)O)CCCC1. The number of aliphatic carboxylic acids is 1. The third-order valence-electron chi connectivity index (χ3n) is 4.68. The smallest absolute Gasteiger partial charge is 0.337 e. The first-order chi connectivity index (χ1) is 14.3. The quantitative estimate of drug-likeness (QED) is 0.163. The lowest BCUT2D eigenvalue weighted by atomic mass is 9.94. The van der Waals surface area contributed by atoms with Crippen LogP contribution in [0.4, 0.5) is 0 Å². The molecular formula is C21H35N3O5S. The van der Waals surface area contributed by atoms with Crippen molar-refractivity contribution >= 4 is 29.6 Å². The molecule has 0 radical (unpaired) electrons. The topological polar surface area (TPSA) is 108 Å². The van der Waals surface area contributed by atoms with Gasteiger partial charge in [-0.1, -0.05) is 6.58 Å². The van der Waals surface area contributed by atoms with Crippen molar-refractivity contribution in [1.29, 1.82) is 0 Å². The van der Waals surface area contributed by atoms with E-state index in [1.165, 1.54) is 11.8 Å². The minimum Gasteiger partial charge on any atom is -0.480 e. The van der Waals surface area contributed by atoms with Crippen molar-refractivity contribution in [3.8, 4) is 0 Å². The monoisotopic (exact) mass is 441 g/mol. The molecule has 0 spiro atoms. The first kappa shape index (κ1) is 26.2. The molecule has 0 fully saturated rings. The molecule has 0 saturated carbocycles. The van der Waals surface area contributed by atoms with Crippen LogP contribution in [-0.4, -0.2) is 73.6 Å². The number of carboxylic acids is 1. The Labute approximate surface area is 183 Å². The van der Waals surface area contributed by atoms with E-state index in [9.17, 15) is 19.5 Å². The zero-order valence-corrected chi connectivity index (χ0v) is 19.1. The minimum atomic E-state index is -1.04. The van der Waals surface area contributed by atoms with E-state index in [1.807, 2.05) is 19.0 Å². The lowest BCUT2D eigenvalue weighted by Gasteiger charge is -2.21. The summed E-state index contributed by atoms with van der Waals surface area (Å²) in [6.45, 7) is 7.32. The molecule has 170 valence electrons. The van der Waals surface area contributed by atoms with Crippen molar-refractivity contribution < 1.29 is 24.2 Å². The Morgan fingerprint density at radius 1 is 1.27 bits per heavy atom. The summed E-state index contributed by atoms with van der Waals surface area (Å²) in [5.41, 5.74) is 1.29. The van der Waals surface area contributed by atoms with Crippen LogP contribution >= 0.6 is 11.8 Å². The van der Waals surface area contributed by atoms with Gasteiger partial charge in [0.15, 0.2) is 0 Å². The Hall–Kier alpha value is -1.84. The van der Waals surface area contributed by atoms with E-state index >= 15 is 0 Å². The average molecular weight is 442 g/mol. The molecule has 1 rings (SSSR count). The zero-order chi connectivity index (χ0) is 22.5. The summed E-state index contributed by atoms with van der Waals surface area (Å²) in [5, 5.41) is 15.0. The van der Waals surface area contributed by atoms with Gasteiger partial charge in [-0.05, 0) is 76.7 Å². The highest BCUT2D eigenvalue weighted by molar-refractivity contribution is 8.03. The summed E-state index contributed by atoms with van der Waals surface area (Å²) in [5.74, 6) is -1.44. The highest BCUT2D eigenvalue weighted by Crippen LogP contribution is 2.36. The van der Waals surface area contributed by atoms with Crippen molar-refractivity contribution in [3.05, 3.63) is 22.6 Å². The Balaban J connectivity index is 2.52. The van der Waals surface area contributed by atoms with Crippen molar-refractivity contribution in [2.45, 2.75) is 51.5 Å². The lowest BCUT2D eigenvalue weighted by molar-refractivity contribution is -0.141. The maximum atomic E-state index is 12.2. The fourth-order valence-corrected chi connectivity index (χ4v) is 4.17. The zero-order valence-electron chi connectivity index (χ0n) is 18.3. The molecule has 0 saturated heterocycles. The Morgan fingerprint density at radius 2 is 1.97 bits per heavy atom. The fourth-order valence-electron chi connectivity index (χ4n) is 3.08. The lowest BCUT2D eigenvalue weighted by Crippen LogP contribution is -2.42.